The number of anilines is 1. The molecule has 0 fully saturated rings. The Morgan fingerprint density at radius 3 is 2.81 bits per heavy atom. The molecular weight excluding hydrogens is 340 g/mol. The van der Waals surface area contributed by atoms with Crippen LogP contribution in [0, 0.1) is 0 Å². The van der Waals surface area contributed by atoms with Crippen LogP contribution in [0.2, 0.25) is 0 Å². The Kier molecular flexibility index (Phi) is 8.51. The highest BCUT2D eigenvalue weighted by atomic mass is 79.9. The first-order valence-electron chi connectivity index (χ1n) is 6.77. The highest BCUT2D eigenvalue weighted by Crippen LogP contribution is 2.15. The molecule has 0 aliphatic carbocycles. The maximum absolute atomic E-state index is 12.0. The van der Waals surface area contributed by atoms with Crippen LogP contribution in [-0.4, -0.2) is 68.8 Å². The van der Waals surface area contributed by atoms with E-state index in [2.05, 4.69) is 31.2 Å². The number of ether oxygens (including phenoxy) is 2. The second-order valence-electron chi connectivity index (χ2n) is 4.74. The van der Waals surface area contributed by atoms with E-state index in [9.17, 15) is 4.79 Å². The average Bonchev–Trinajstić information content (AvgIpc) is 2.45. The topological polar surface area (TPSA) is 68.6 Å². The zero-order valence-corrected chi connectivity index (χ0v) is 14.4. The molecule has 0 saturated carbocycles. The van der Waals surface area contributed by atoms with Gasteiger partial charge in [-0.3, -0.25) is 4.79 Å². The lowest BCUT2D eigenvalue weighted by atomic mass is 10.4. The summed E-state index contributed by atoms with van der Waals surface area (Å²) in [6, 6.07) is 0. The first-order valence-corrected chi connectivity index (χ1v) is 7.56. The summed E-state index contributed by atoms with van der Waals surface area (Å²) in [6.45, 7) is 3.66. The SMILES string of the molecule is COCCn1ncc(NCCOCCN(C)C)c(Br)c1=O. The molecule has 1 heterocycles. The summed E-state index contributed by atoms with van der Waals surface area (Å²) in [5, 5.41) is 7.23. The van der Waals surface area contributed by atoms with Gasteiger partial charge in [0, 0.05) is 20.2 Å². The third-order valence-corrected chi connectivity index (χ3v) is 3.50. The van der Waals surface area contributed by atoms with Crippen LogP contribution in [0.4, 0.5) is 5.69 Å². The van der Waals surface area contributed by atoms with Crippen molar-refractivity contribution in [2.75, 3.05) is 59.4 Å². The van der Waals surface area contributed by atoms with E-state index in [0.29, 0.717) is 43.1 Å². The van der Waals surface area contributed by atoms with Gasteiger partial charge in [0.2, 0.25) is 0 Å². The lowest BCUT2D eigenvalue weighted by Gasteiger charge is -2.12. The smallest absolute Gasteiger partial charge is 0.283 e. The molecule has 0 aliphatic heterocycles. The number of methoxy groups -OCH3 is 1. The molecule has 0 radical (unpaired) electrons. The normalized spacial score (nSPS) is 11.1. The van der Waals surface area contributed by atoms with Crippen LogP contribution in [0.15, 0.2) is 15.5 Å². The van der Waals surface area contributed by atoms with Gasteiger partial charge in [-0.25, -0.2) is 4.68 Å². The van der Waals surface area contributed by atoms with Gasteiger partial charge in [0.05, 0.1) is 38.2 Å². The monoisotopic (exact) mass is 362 g/mol. The predicted octanol–water partition coefficient (Wildman–Crippen LogP) is 0.642. The Hall–Kier alpha value is -0.960. The number of likely N-dealkylation sites (N-methyl/N-ethyl adjacent to an activating group) is 1. The second kappa shape index (κ2) is 9.88. The highest BCUT2D eigenvalue weighted by molar-refractivity contribution is 9.10. The van der Waals surface area contributed by atoms with Crippen molar-refractivity contribution in [3.8, 4) is 0 Å². The fourth-order valence-electron chi connectivity index (χ4n) is 1.53. The van der Waals surface area contributed by atoms with E-state index < -0.39 is 0 Å². The minimum Gasteiger partial charge on any atom is -0.383 e. The summed E-state index contributed by atoms with van der Waals surface area (Å²) < 4.78 is 12.3. The van der Waals surface area contributed by atoms with Gasteiger partial charge in [-0.05, 0) is 30.0 Å². The fourth-order valence-corrected chi connectivity index (χ4v) is 1.98. The lowest BCUT2D eigenvalue weighted by Crippen LogP contribution is -2.26. The Morgan fingerprint density at radius 1 is 1.38 bits per heavy atom. The summed E-state index contributed by atoms with van der Waals surface area (Å²) in [5.41, 5.74) is 0.496. The van der Waals surface area contributed by atoms with Gasteiger partial charge < -0.3 is 19.7 Å². The number of halogens is 1. The van der Waals surface area contributed by atoms with Crippen molar-refractivity contribution in [3.63, 3.8) is 0 Å². The van der Waals surface area contributed by atoms with E-state index in [1.165, 1.54) is 4.68 Å². The molecule has 0 bridgehead atoms. The van der Waals surface area contributed by atoms with Gasteiger partial charge in [0.15, 0.2) is 0 Å². The van der Waals surface area contributed by atoms with E-state index >= 15 is 0 Å². The minimum atomic E-state index is -0.175. The van der Waals surface area contributed by atoms with Crippen molar-refractivity contribution in [2.45, 2.75) is 6.54 Å². The molecule has 0 spiro atoms. The van der Waals surface area contributed by atoms with Crippen molar-refractivity contribution in [3.05, 3.63) is 21.0 Å². The molecule has 7 nitrogen and oxygen atoms in total. The van der Waals surface area contributed by atoms with Gasteiger partial charge >= 0.3 is 0 Å². The standard InChI is InChI=1S/C13H23BrN4O3/c1-17(2)5-9-21-7-4-15-11-10-16-18(6-8-20-3)13(19)12(11)14/h10,15H,4-9H2,1-3H3. The van der Waals surface area contributed by atoms with Crippen molar-refractivity contribution in [2.24, 2.45) is 0 Å². The molecule has 0 unspecified atom stereocenters. The highest BCUT2D eigenvalue weighted by Gasteiger charge is 2.08. The van der Waals surface area contributed by atoms with E-state index in [1.807, 2.05) is 14.1 Å². The number of nitrogens with one attached hydrogen (secondary N) is 1. The number of hydrogen-bond acceptors (Lipinski definition) is 6. The molecule has 1 rings (SSSR count). The molecule has 8 heteroatoms. The molecule has 1 aromatic rings. The van der Waals surface area contributed by atoms with Gasteiger partial charge in [-0.1, -0.05) is 0 Å². The van der Waals surface area contributed by atoms with E-state index in [1.54, 1.807) is 13.3 Å². The molecule has 0 aromatic carbocycles. The molecule has 0 amide bonds. The number of aromatic nitrogens is 2. The first kappa shape index (κ1) is 18.1. The number of nitrogens with zero attached hydrogens (tertiary/aromatic N) is 3. The van der Waals surface area contributed by atoms with Gasteiger partial charge in [0.1, 0.15) is 4.47 Å². The van der Waals surface area contributed by atoms with E-state index in [-0.39, 0.29) is 5.56 Å². The van der Waals surface area contributed by atoms with Crippen LogP contribution in [0.3, 0.4) is 0 Å². The average molecular weight is 363 g/mol. The summed E-state index contributed by atoms with van der Waals surface area (Å²) >= 11 is 3.30. The minimum absolute atomic E-state index is 0.175. The summed E-state index contributed by atoms with van der Waals surface area (Å²) in [5.74, 6) is 0. The van der Waals surface area contributed by atoms with Crippen LogP contribution in [0.1, 0.15) is 0 Å². The third-order valence-electron chi connectivity index (χ3n) is 2.74. The van der Waals surface area contributed by atoms with Crippen molar-refractivity contribution >= 4 is 21.6 Å². The maximum Gasteiger partial charge on any atom is 0.283 e. The zero-order chi connectivity index (χ0) is 15.7. The third kappa shape index (κ3) is 6.56. The maximum atomic E-state index is 12.0. The van der Waals surface area contributed by atoms with Crippen molar-refractivity contribution in [1.82, 2.24) is 14.7 Å². The van der Waals surface area contributed by atoms with E-state index in [4.69, 9.17) is 9.47 Å². The van der Waals surface area contributed by atoms with Crippen LogP contribution in [0.5, 0.6) is 0 Å². The molecular formula is C13H23BrN4O3. The number of rotatable bonds is 10. The first-order chi connectivity index (χ1) is 10.1. The van der Waals surface area contributed by atoms with Crippen molar-refractivity contribution < 1.29 is 9.47 Å². The van der Waals surface area contributed by atoms with Crippen LogP contribution < -0.4 is 10.9 Å². The Morgan fingerprint density at radius 2 is 2.14 bits per heavy atom. The molecule has 21 heavy (non-hydrogen) atoms. The predicted molar refractivity (Wildman–Crippen MR) is 85.9 cm³/mol. The molecule has 0 saturated heterocycles. The van der Waals surface area contributed by atoms with Crippen molar-refractivity contribution in [1.29, 1.82) is 0 Å². The van der Waals surface area contributed by atoms with Crippen LogP contribution in [-0.2, 0) is 16.0 Å². The van der Waals surface area contributed by atoms with Gasteiger partial charge in [0.25, 0.3) is 5.56 Å². The molecule has 0 aliphatic rings. The van der Waals surface area contributed by atoms with E-state index in [0.717, 1.165) is 6.54 Å². The zero-order valence-electron chi connectivity index (χ0n) is 12.8. The Balaban J connectivity index is 2.42. The summed E-state index contributed by atoms with van der Waals surface area (Å²) in [4.78, 5) is 14.1. The summed E-state index contributed by atoms with van der Waals surface area (Å²) in [7, 11) is 5.60. The molecule has 1 N–H and O–H groups in total. The largest absolute Gasteiger partial charge is 0.383 e. The molecule has 1 aromatic heterocycles. The van der Waals surface area contributed by atoms with Crippen LogP contribution in [0.25, 0.3) is 0 Å². The molecule has 120 valence electrons. The van der Waals surface area contributed by atoms with Gasteiger partial charge in [-0.15, -0.1) is 0 Å². The Labute approximate surface area is 133 Å². The molecule has 0 atom stereocenters. The Bertz CT molecular complexity index is 479. The number of hydrogen-bond donors (Lipinski definition) is 1. The second-order valence-corrected chi connectivity index (χ2v) is 5.53. The quantitative estimate of drug-likeness (QED) is 0.616. The summed E-state index contributed by atoms with van der Waals surface area (Å²) in [6.07, 6.45) is 1.63. The van der Waals surface area contributed by atoms with Crippen LogP contribution >= 0.6 is 15.9 Å². The van der Waals surface area contributed by atoms with Gasteiger partial charge in [-0.2, -0.15) is 5.10 Å². The fraction of sp³-hybridized carbons (Fsp3) is 0.692. The lowest BCUT2D eigenvalue weighted by molar-refractivity contribution is 0.126.